The van der Waals surface area contributed by atoms with Crippen LogP contribution in [0.25, 0.3) is 10.6 Å². The number of nitrogens with zero attached hydrogens (tertiary/aromatic N) is 1. The number of hydrogen-bond donors (Lipinski definition) is 2. The molecule has 0 saturated carbocycles. The van der Waals surface area contributed by atoms with Crippen molar-refractivity contribution in [3.8, 4) is 10.6 Å². The number of aryl methyl sites for hydroxylation is 1. The first-order valence-corrected chi connectivity index (χ1v) is 10.5. The fourth-order valence-corrected chi connectivity index (χ4v) is 4.84. The number of rotatable bonds is 6. The Morgan fingerprint density at radius 2 is 1.96 bits per heavy atom. The number of carbonyl (C=O) groups excluding carboxylic acids is 1. The molecule has 1 aliphatic heterocycles. The van der Waals surface area contributed by atoms with E-state index in [1.165, 1.54) is 12.1 Å². The van der Waals surface area contributed by atoms with Gasteiger partial charge in [0, 0.05) is 12.0 Å². The summed E-state index contributed by atoms with van der Waals surface area (Å²) < 4.78 is 13.1. The summed E-state index contributed by atoms with van der Waals surface area (Å²) in [4.78, 5) is 18.2. The van der Waals surface area contributed by atoms with Gasteiger partial charge < -0.3 is 10.6 Å². The summed E-state index contributed by atoms with van der Waals surface area (Å²) in [5.74, 6) is 0.875. The number of amides is 1. The second-order valence-corrected chi connectivity index (χ2v) is 8.56. The van der Waals surface area contributed by atoms with Gasteiger partial charge in [-0.05, 0) is 75.9 Å². The third kappa shape index (κ3) is 5.14. The number of piperidine rings is 1. The highest BCUT2D eigenvalue weighted by molar-refractivity contribution is 7.15. The molecule has 0 spiro atoms. The smallest absolute Gasteiger partial charge is 0.220 e. The lowest BCUT2D eigenvalue weighted by Gasteiger charge is -2.28. The zero-order valence-electron chi connectivity index (χ0n) is 16.2. The first-order chi connectivity index (χ1) is 12.9. The zero-order valence-corrected chi connectivity index (χ0v) is 17.0. The predicted molar refractivity (Wildman–Crippen MR) is 108 cm³/mol. The third-order valence-electron chi connectivity index (χ3n) is 5.39. The van der Waals surface area contributed by atoms with E-state index in [0.29, 0.717) is 18.3 Å². The average Bonchev–Trinajstić information content (AvgIpc) is 3.04. The Bertz CT molecular complexity index is 768. The van der Waals surface area contributed by atoms with E-state index in [1.54, 1.807) is 23.5 Å². The lowest BCUT2D eigenvalue weighted by Crippen LogP contribution is -2.34. The number of nitrogens with one attached hydrogen (secondary N) is 2. The number of benzene rings is 1. The van der Waals surface area contributed by atoms with Crippen LogP contribution >= 0.6 is 11.3 Å². The maximum absolute atomic E-state index is 13.1. The summed E-state index contributed by atoms with van der Waals surface area (Å²) in [6.45, 7) is 8.25. The average molecular weight is 390 g/mol. The molecular formula is C21H28FN3OS. The molecule has 2 aromatic rings. The highest BCUT2D eigenvalue weighted by Crippen LogP contribution is 2.32. The van der Waals surface area contributed by atoms with Crippen LogP contribution in [0.2, 0.25) is 0 Å². The van der Waals surface area contributed by atoms with E-state index in [-0.39, 0.29) is 17.8 Å². The summed E-state index contributed by atoms with van der Waals surface area (Å²) in [5.41, 5.74) is 1.81. The molecule has 4 nitrogen and oxygen atoms in total. The van der Waals surface area contributed by atoms with Crippen molar-refractivity contribution < 1.29 is 9.18 Å². The van der Waals surface area contributed by atoms with E-state index in [0.717, 1.165) is 47.1 Å². The van der Waals surface area contributed by atoms with Crippen LogP contribution in [-0.4, -0.2) is 24.0 Å². The summed E-state index contributed by atoms with van der Waals surface area (Å²) >= 11 is 1.56. The molecule has 1 saturated heterocycles. The Labute approximate surface area is 164 Å². The molecule has 1 aliphatic rings. The molecule has 0 bridgehead atoms. The summed E-state index contributed by atoms with van der Waals surface area (Å²) in [7, 11) is 0. The van der Waals surface area contributed by atoms with Crippen molar-refractivity contribution in [2.75, 3.05) is 13.1 Å². The van der Waals surface area contributed by atoms with Gasteiger partial charge in [-0.1, -0.05) is 6.92 Å². The van der Waals surface area contributed by atoms with Crippen LogP contribution in [-0.2, 0) is 4.79 Å². The van der Waals surface area contributed by atoms with Crippen LogP contribution in [0.1, 0.15) is 49.7 Å². The first kappa shape index (κ1) is 20.0. The molecule has 2 atom stereocenters. The largest absolute Gasteiger partial charge is 0.349 e. The number of halogens is 1. The SMILES string of the molecule is Cc1nc(-c2ccc(F)cc2)sc1C(C)NC(=O)CC(C)C1CCNCC1. The summed E-state index contributed by atoms with van der Waals surface area (Å²) in [6.07, 6.45) is 2.87. The second-order valence-electron chi connectivity index (χ2n) is 7.53. The maximum Gasteiger partial charge on any atom is 0.220 e. The molecular weight excluding hydrogens is 361 g/mol. The van der Waals surface area contributed by atoms with Crippen LogP contribution in [0.4, 0.5) is 4.39 Å². The Hall–Kier alpha value is -1.79. The van der Waals surface area contributed by atoms with E-state index >= 15 is 0 Å². The molecule has 2 N–H and O–H groups in total. The Morgan fingerprint density at radius 1 is 1.30 bits per heavy atom. The molecule has 1 aromatic carbocycles. The number of aromatic nitrogens is 1. The van der Waals surface area contributed by atoms with Gasteiger partial charge in [0.15, 0.2) is 0 Å². The van der Waals surface area contributed by atoms with Gasteiger partial charge in [-0.25, -0.2) is 9.37 Å². The lowest BCUT2D eigenvalue weighted by atomic mass is 9.84. The van der Waals surface area contributed by atoms with E-state index in [9.17, 15) is 9.18 Å². The van der Waals surface area contributed by atoms with Gasteiger partial charge in [0.05, 0.1) is 16.6 Å². The topological polar surface area (TPSA) is 54.0 Å². The number of hydrogen-bond acceptors (Lipinski definition) is 4. The highest BCUT2D eigenvalue weighted by Gasteiger charge is 2.23. The van der Waals surface area contributed by atoms with Crippen LogP contribution in [0, 0.1) is 24.6 Å². The van der Waals surface area contributed by atoms with Gasteiger partial charge >= 0.3 is 0 Å². The highest BCUT2D eigenvalue weighted by atomic mass is 32.1. The van der Waals surface area contributed by atoms with Crippen molar-refractivity contribution in [1.29, 1.82) is 0 Å². The van der Waals surface area contributed by atoms with Crippen molar-refractivity contribution in [3.05, 3.63) is 40.7 Å². The van der Waals surface area contributed by atoms with Crippen LogP contribution in [0.5, 0.6) is 0 Å². The van der Waals surface area contributed by atoms with Gasteiger partial charge in [0.1, 0.15) is 10.8 Å². The minimum atomic E-state index is -0.254. The Kier molecular flexibility index (Phi) is 6.60. The molecule has 2 heterocycles. The Balaban J connectivity index is 1.61. The molecule has 0 radical (unpaired) electrons. The molecule has 27 heavy (non-hydrogen) atoms. The second kappa shape index (κ2) is 8.93. The molecule has 1 fully saturated rings. The summed E-state index contributed by atoms with van der Waals surface area (Å²) in [6, 6.07) is 6.28. The minimum absolute atomic E-state index is 0.0792. The van der Waals surface area contributed by atoms with Gasteiger partial charge in [0.25, 0.3) is 0 Å². The molecule has 3 rings (SSSR count). The van der Waals surface area contributed by atoms with Crippen molar-refractivity contribution in [2.45, 2.75) is 46.1 Å². The van der Waals surface area contributed by atoms with Crippen molar-refractivity contribution in [1.82, 2.24) is 15.6 Å². The predicted octanol–water partition coefficient (Wildman–Crippen LogP) is 4.46. The van der Waals surface area contributed by atoms with E-state index in [1.807, 2.05) is 13.8 Å². The molecule has 1 amide bonds. The van der Waals surface area contributed by atoms with E-state index in [4.69, 9.17) is 0 Å². The monoisotopic (exact) mass is 389 g/mol. The third-order valence-corrected chi connectivity index (χ3v) is 6.78. The standard InChI is InChI=1S/C21H28FN3OS/c1-13(16-8-10-23-11-9-16)12-19(26)24-14(2)20-15(3)25-21(27-20)17-4-6-18(22)7-5-17/h4-7,13-14,16,23H,8-12H2,1-3H3,(H,24,26). The number of thiazole rings is 1. The van der Waals surface area contributed by atoms with Crippen LogP contribution in [0.3, 0.4) is 0 Å². The quantitative estimate of drug-likeness (QED) is 0.767. The molecule has 6 heteroatoms. The molecule has 146 valence electrons. The van der Waals surface area contributed by atoms with Gasteiger partial charge in [-0.15, -0.1) is 11.3 Å². The van der Waals surface area contributed by atoms with Crippen LogP contribution in [0.15, 0.2) is 24.3 Å². The Morgan fingerprint density at radius 3 is 2.63 bits per heavy atom. The molecule has 0 aliphatic carbocycles. The molecule has 2 unspecified atom stereocenters. The zero-order chi connectivity index (χ0) is 19.4. The fraction of sp³-hybridized carbons (Fsp3) is 0.524. The van der Waals surface area contributed by atoms with Crippen molar-refractivity contribution in [2.24, 2.45) is 11.8 Å². The summed E-state index contributed by atoms with van der Waals surface area (Å²) in [5, 5.41) is 7.36. The maximum atomic E-state index is 13.1. The minimum Gasteiger partial charge on any atom is -0.349 e. The fourth-order valence-electron chi connectivity index (χ4n) is 3.76. The van der Waals surface area contributed by atoms with Crippen molar-refractivity contribution in [3.63, 3.8) is 0 Å². The van der Waals surface area contributed by atoms with E-state index < -0.39 is 0 Å². The lowest BCUT2D eigenvalue weighted by molar-refractivity contribution is -0.123. The number of carbonyl (C=O) groups is 1. The van der Waals surface area contributed by atoms with Crippen molar-refractivity contribution >= 4 is 17.2 Å². The first-order valence-electron chi connectivity index (χ1n) is 9.67. The van der Waals surface area contributed by atoms with Gasteiger partial charge in [-0.2, -0.15) is 0 Å². The van der Waals surface area contributed by atoms with Gasteiger partial charge in [-0.3, -0.25) is 4.79 Å². The normalized spacial score (nSPS) is 17.5. The van der Waals surface area contributed by atoms with Gasteiger partial charge in [0.2, 0.25) is 5.91 Å². The molecule has 1 aromatic heterocycles. The van der Waals surface area contributed by atoms with E-state index in [2.05, 4.69) is 22.5 Å². The van der Waals surface area contributed by atoms with Crippen LogP contribution < -0.4 is 10.6 Å².